The highest BCUT2D eigenvalue weighted by Gasteiger charge is 2.28. The summed E-state index contributed by atoms with van der Waals surface area (Å²) in [5, 5.41) is 7.28. The lowest BCUT2D eigenvalue weighted by Crippen LogP contribution is -2.32. The Morgan fingerprint density at radius 1 is 1.17 bits per heavy atom. The van der Waals surface area contributed by atoms with Crippen molar-refractivity contribution in [1.82, 2.24) is 5.43 Å². The molecule has 3 rings (SSSR count). The predicted molar refractivity (Wildman–Crippen MR) is 118 cm³/mol. The minimum atomic E-state index is -0.990. The lowest BCUT2D eigenvalue weighted by molar-refractivity contribution is -0.136. The Morgan fingerprint density at radius 2 is 1.87 bits per heavy atom. The number of nitrogens with one attached hydrogen (secondary N) is 2. The lowest BCUT2D eigenvalue weighted by atomic mass is 9.95. The van der Waals surface area contributed by atoms with Crippen molar-refractivity contribution in [1.29, 1.82) is 0 Å². The molecule has 0 bridgehead atoms. The summed E-state index contributed by atoms with van der Waals surface area (Å²) in [6, 6.07) is 4.92. The van der Waals surface area contributed by atoms with Crippen LogP contribution in [0.5, 0.6) is 0 Å². The standard InChI is InChI=1S/C20H19Cl2N3O4S/c1-2-29-20(28)16-11-6-3-4-9-15(11)30-19(16)24-17(26)18(27)25-23-10-12-13(21)7-5-8-14(12)22/h5,7-8,10H,2-4,6,9H2,1H3,(H,24,26)(H,25,27)/b23-10-. The van der Waals surface area contributed by atoms with Crippen LogP contribution in [-0.2, 0) is 27.2 Å². The highest BCUT2D eigenvalue weighted by Crippen LogP contribution is 2.38. The van der Waals surface area contributed by atoms with Gasteiger partial charge in [-0.1, -0.05) is 29.3 Å². The van der Waals surface area contributed by atoms with Gasteiger partial charge >= 0.3 is 17.8 Å². The molecule has 2 aromatic rings. The van der Waals surface area contributed by atoms with E-state index in [0.717, 1.165) is 36.1 Å². The SMILES string of the molecule is CCOC(=O)c1c(NC(=O)C(=O)N/N=C\c2c(Cl)cccc2Cl)sc2c1CCCC2. The van der Waals surface area contributed by atoms with Gasteiger partial charge in [0.15, 0.2) is 0 Å². The summed E-state index contributed by atoms with van der Waals surface area (Å²) < 4.78 is 5.14. The minimum absolute atomic E-state index is 0.219. The molecule has 158 valence electrons. The second-order valence-electron chi connectivity index (χ2n) is 6.42. The number of rotatable bonds is 5. The number of anilines is 1. The molecule has 0 atom stereocenters. The van der Waals surface area contributed by atoms with E-state index in [1.54, 1.807) is 25.1 Å². The quantitative estimate of drug-likeness (QED) is 0.298. The van der Waals surface area contributed by atoms with Crippen LogP contribution in [0.4, 0.5) is 5.00 Å². The van der Waals surface area contributed by atoms with Gasteiger partial charge in [0.05, 0.1) is 28.4 Å². The number of halogens is 2. The second-order valence-corrected chi connectivity index (χ2v) is 8.34. The van der Waals surface area contributed by atoms with Crippen molar-refractivity contribution in [3.63, 3.8) is 0 Å². The molecule has 7 nitrogen and oxygen atoms in total. The van der Waals surface area contributed by atoms with Crippen LogP contribution in [0.1, 0.15) is 46.1 Å². The number of hydrazone groups is 1. The number of carbonyl (C=O) groups is 3. The first kappa shape index (κ1) is 22.3. The topological polar surface area (TPSA) is 96.9 Å². The van der Waals surface area contributed by atoms with Crippen LogP contribution in [0.25, 0.3) is 0 Å². The van der Waals surface area contributed by atoms with Crippen molar-refractivity contribution in [2.75, 3.05) is 11.9 Å². The Balaban J connectivity index is 1.72. The van der Waals surface area contributed by atoms with Gasteiger partial charge in [0.2, 0.25) is 0 Å². The predicted octanol–water partition coefficient (Wildman–Crippen LogP) is 4.20. The van der Waals surface area contributed by atoms with E-state index in [1.165, 1.54) is 17.6 Å². The molecule has 1 aliphatic rings. The van der Waals surface area contributed by atoms with E-state index in [2.05, 4.69) is 15.8 Å². The van der Waals surface area contributed by atoms with Gasteiger partial charge in [-0.25, -0.2) is 10.2 Å². The van der Waals surface area contributed by atoms with E-state index in [0.29, 0.717) is 26.2 Å². The lowest BCUT2D eigenvalue weighted by Gasteiger charge is -2.12. The number of nitrogens with zero attached hydrogens (tertiary/aromatic N) is 1. The Kier molecular flexibility index (Phi) is 7.47. The van der Waals surface area contributed by atoms with Crippen molar-refractivity contribution < 1.29 is 19.1 Å². The molecule has 0 saturated carbocycles. The summed E-state index contributed by atoms with van der Waals surface area (Å²) in [6.07, 6.45) is 4.80. The van der Waals surface area contributed by atoms with Gasteiger partial charge in [-0.3, -0.25) is 9.59 Å². The molecule has 0 aliphatic heterocycles. The number of benzene rings is 1. The van der Waals surface area contributed by atoms with Gasteiger partial charge in [-0.05, 0) is 50.3 Å². The monoisotopic (exact) mass is 467 g/mol. The van der Waals surface area contributed by atoms with Crippen molar-refractivity contribution in [2.45, 2.75) is 32.6 Å². The van der Waals surface area contributed by atoms with Crippen molar-refractivity contribution in [3.8, 4) is 0 Å². The van der Waals surface area contributed by atoms with Gasteiger partial charge in [-0.2, -0.15) is 5.10 Å². The Hall–Kier alpha value is -2.42. The molecule has 10 heteroatoms. The fraction of sp³-hybridized carbons (Fsp3) is 0.300. The first-order valence-corrected chi connectivity index (χ1v) is 10.9. The van der Waals surface area contributed by atoms with Crippen LogP contribution < -0.4 is 10.7 Å². The summed E-state index contributed by atoms with van der Waals surface area (Å²) in [5.74, 6) is -2.43. The molecule has 0 fully saturated rings. The molecule has 0 spiro atoms. The van der Waals surface area contributed by atoms with Crippen LogP contribution in [-0.4, -0.2) is 30.6 Å². The zero-order valence-corrected chi connectivity index (χ0v) is 18.4. The molecule has 1 aromatic carbocycles. The Morgan fingerprint density at radius 3 is 2.57 bits per heavy atom. The molecular formula is C20H19Cl2N3O4S. The Bertz CT molecular complexity index is 999. The van der Waals surface area contributed by atoms with E-state index in [-0.39, 0.29) is 6.61 Å². The van der Waals surface area contributed by atoms with Gasteiger partial charge in [-0.15, -0.1) is 11.3 Å². The number of hydrogen-bond donors (Lipinski definition) is 2. The molecule has 1 aromatic heterocycles. The molecule has 0 radical (unpaired) electrons. The number of esters is 1. The molecule has 1 aliphatic carbocycles. The smallest absolute Gasteiger partial charge is 0.341 e. The molecular weight excluding hydrogens is 449 g/mol. The average Bonchev–Trinajstić information content (AvgIpc) is 3.08. The van der Waals surface area contributed by atoms with Crippen molar-refractivity contribution in [2.24, 2.45) is 5.10 Å². The van der Waals surface area contributed by atoms with Gasteiger partial charge in [0.1, 0.15) is 5.00 Å². The highest BCUT2D eigenvalue weighted by molar-refractivity contribution is 7.17. The molecule has 2 amide bonds. The molecule has 1 heterocycles. The van der Waals surface area contributed by atoms with E-state index < -0.39 is 17.8 Å². The molecule has 0 unspecified atom stereocenters. The minimum Gasteiger partial charge on any atom is -0.462 e. The van der Waals surface area contributed by atoms with Crippen LogP contribution in [0.2, 0.25) is 10.0 Å². The van der Waals surface area contributed by atoms with Crippen LogP contribution in [0, 0.1) is 0 Å². The van der Waals surface area contributed by atoms with E-state index in [9.17, 15) is 14.4 Å². The third-order valence-corrected chi connectivity index (χ3v) is 6.31. The first-order valence-electron chi connectivity index (χ1n) is 9.32. The molecule has 30 heavy (non-hydrogen) atoms. The van der Waals surface area contributed by atoms with Gasteiger partial charge in [0, 0.05) is 10.4 Å². The number of amides is 2. The summed E-state index contributed by atoms with van der Waals surface area (Å²) in [6.45, 7) is 1.93. The maximum Gasteiger partial charge on any atom is 0.341 e. The second kappa shape index (κ2) is 10.1. The normalized spacial score (nSPS) is 13.0. The van der Waals surface area contributed by atoms with Gasteiger partial charge in [0.25, 0.3) is 0 Å². The van der Waals surface area contributed by atoms with Gasteiger partial charge < -0.3 is 10.1 Å². The van der Waals surface area contributed by atoms with Crippen molar-refractivity contribution in [3.05, 3.63) is 49.8 Å². The maximum absolute atomic E-state index is 12.4. The number of thiophene rings is 1. The van der Waals surface area contributed by atoms with E-state index in [4.69, 9.17) is 27.9 Å². The van der Waals surface area contributed by atoms with Crippen LogP contribution in [0.3, 0.4) is 0 Å². The summed E-state index contributed by atoms with van der Waals surface area (Å²) >= 11 is 13.4. The number of aryl methyl sites for hydroxylation is 1. The van der Waals surface area contributed by atoms with Crippen molar-refractivity contribution >= 4 is 63.5 Å². The zero-order valence-electron chi connectivity index (χ0n) is 16.1. The third kappa shape index (κ3) is 5.00. The zero-order chi connectivity index (χ0) is 21.7. The highest BCUT2D eigenvalue weighted by atomic mass is 35.5. The summed E-state index contributed by atoms with van der Waals surface area (Å²) in [7, 11) is 0. The van der Waals surface area contributed by atoms with E-state index >= 15 is 0 Å². The maximum atomic E-state index is 12.4. The average molecular weight is 468 g/mol. The van der Waals surface area contributed by atoms with Crippen LogP contribution >= 0.6 is 34.5 Å². The number of fused-ring (bicyclic) bond motifs is 1. The van der Waals surface area contributed by atoms with E-state index in [1.807, 2.05) is 0 Å². The van der Waals surface area contributed by atoms with Crippen LogP contribution in [0.15, 0.2) is 23.3 Å². The first-order chi connectivity index (χ1) is 14.4. The summed E-state index contributed by atoms with van der Waals surface area (Å²) in [4.78, 5) is 37.9. The molecule has 0 saturated heterocycles. The fourth-order valence-corrected chi connectivity index (χ4v) is 4.84. The number of hydrogen-bond acceptors (Lipinski definition) is 6. The third-order valence-electron chi connectivity index (χ3n) is 4.44. The summed E-state index contributed by atoms with van der Waals surface area (Å²) in [5.41, 5.74) is 3.78. The molecule has 2 N–H and O–H groups in total. The number of carbonyl (C=O) groups excluding carboxylic acids is 3. The Labute approximate surface area is 187 Å². The number of ether oxygens (including phenoxy) is 1. The fourth-order valence-electron chi connectivity index (χ4n) is 3.07. The largest absolute Gasteiger partial charge is 0.462 e.